The first kappa shape index (κ1) is 31.9. The second-order valence-electron chi connectivity index (χ2n) is 15.9. The summed E-state index contributed by atoms with van der Waals surface area (Å²) in [5.74, 6) is 5.96. The van der Waals surface area contributed by atoms with E-state index in [4.69, 9.17) is 9.47 Å². The van der Waals surface area contributed by atoms with Crippen LogP contribution in [-0.4, -0.2) is 59.1 Å². The highest BCUT2D eigenvalue weighted by atomic mass is 16.6. The number of aliphatic hydroxyl groups is 3. The molecule has 1 aliphatic heterocycles. The zero-order valence-corrected chi connectivity index (χ0v) is 27.1. The Morgan fingerprint density at radius 3 is 2.51 bits per heavy atom. The van der Waals surface area contributed by atoms with Gasteiger partial charge in [0.2, 0.25) is 0 Å². The Morgan fingerprint density at radius 1 is 1.02 bits per heavy atom. The molecule has 0 bridgehead atoms. The van der Waals surface area contributed by atoms with Crippen LogP contribution in [0.5, 0.6) is 0 Å². The van der Waals surface area contributed by atoms with E-state index < -0.39 is 18.3 Å². The van der Waals surface area contributed by atoms with E-state index in [2.05, 4.69) is 47.6 Å². The lowest BCUT2D eigenvalue weighted by Crippen LogP contribution is -2.52. The molecule has 5 heteroatoms. The van der Waals surface area contributed by atoms with Crippen molar-refractivity contribution in [1.82, 2.24) is 0 Å². The highest BCUT2D eigenvalue weighted by molar-refractivity contribution is 5.25. The lowest BCUT2D eigenvalue weighted by atomic mass is 9.47. The third kappa shape index (κ3) is 6.10. The Morgan fingerprint density at radius 2 is 1.80 bits per heavy atom. The minimum Gasteiger partial charge on any atom is -0.394 e. The SMILES string of the molecule is CC[C@H](CC[C@@H](C)C1CCC2C3CC=C4C[C@@H](OCC5CC(O)C(O)C(CO)O5)CC[C@]4(C)C3CC[C@@]21C)C(C)C. The van der Waals surface area contributed by atoms with Crippen molar-refractivity contribution in [2.75, 3.05) is 13.2 Å². The fourth-order valence-corrected chi connectivity index (χ4v) is 11.0. The Labute approximate surface area is 250 Å². The summed E-state index contributed by atoms with van der Waals surface area (Å²) >= 11 is 0. The standard InChI is InChI=1S/C36H62O5/c1-7-24(22(2)3)9-8-23(4)29-12-13-30-28-11-10-25-18-26(14-16-35(25,5)31(28)15-17-36(29,30)6)40-21-27-19-32(38)34(39)33(20-37)41-27/h10,22-24,26-34,37-39H,7-9,11-21H2,1-6H3/t23-,24-,26+,27?,28?,29?,30?,31?,32?,33?,34?,35+,36-/m1/s1. The van der Waals surface area contributed by atoms with Gasteiger partial charge in [0.25, 0.3) is 0 Å². The van der Waals surface area contributed by atoms with Crippen molar-refractivity contribution >= 4 is 0 Å². The quantitative estimate of drug-likeness (QED) is 0.247. The molecule has 236 valence electrons. The number of rotatable bonds is 10. The average molecular weight is 575 g/mol. The van der Waals surface area contributed by atoms with Crippen LogP contribution >= 0.6 is 0 Å². The van der Waals surface area contributed by atoms with Gasteiger partial charge < -0.3 is 24.8 Å². The summed E-state index contributed by atoms with van der Waals surface area (Å²) in [5.41, 5.74) is 2.46. The van der Waals surface area contributed by atoms with E-state index in [1.54, 1.807) is 5.57 Å². The molecule has 0 aromatic carbocycles. The van der Waals surface area contributed by atoms with Crippen molar-refractivity contribution < 1.29 is 24.8 Å². The molecular weight excluding hydrogens is 512 g/mol. The van der Waals surface area contributed by atoms with Gasteiger partial charge in [-0.1, -0.05) is 66.0 Å². The van der Waals surface area contributed by atoms with Crippen LogP contribution in [0, 0.1) is 52.3 Å². The van der Waals surface area contributed by atoms with Gasteiger partial charge >= 0.3 is 0 Å². The van der Waals surface area contributed by atoms with Crippen LogP contribution in [0.2, 0.25) is 0 Å². The van der Waals surface area contributed by atoms with Gasteiger partial charge in [-0.05, 0) is 110 Å². The summed E-state index contributed by atoms with van der Waals surface area (Å²) in [4.78, 5) is 0. The van der Waals surface area contributed by atoms with E-state index in [1.807, 2.05) is 0 Å². The molecule has 1 heterocycles. The molecule has 0 aromatic rings. The minimum atomic E-state index is -1.03. The van der Waals surface area contributed by atoms with Crippen molar-refractivity contribution in [2.24, 2.45) is 52.3 Å². The summed E-state index contributed by atoms with van der Waals surface area (Å²) in [6.45, 7) is 15.2. The van der Waals surface area contributed by atoms with Gasteiger partial charge in [0.1, 0.15) is 12.2 Å². The molecule has 5 rings (SSSR count). The number of aliphatic hydroxyl groups excluding tert-OH is 3. The Hall–Kier alpha value is -0.460. The average Bonchev–Trinajstić information content (AvgIpc) is 3.30. The first-order valence-electron chi connectivity index (χ1n) is 17.4. The molecule has 0 amide bonds. The molecule has 8 unspecified atom stereocenters. The topological polar surface area (TPSA) is 79.2 Å². The lowest BCUT2D eigenvalue weighted by molar-refractivity contribution is -0.196. The van der Waals surface area contributed by atoms with Crippen LogP contribution in [-0.2, 0) is 9.47 Å². The molecular formula is C36H62O5. The number of ether oxygens (including phenoxy) is 2. The van der Waals surface area contributed by atoms with Crippen LogP contribution in [0.4, 0.5) is 0 Å². The predicted molar refractivity (Wildman–Crippen MR) is 164 cm³/mol. The van der Waals surface area contributed by atoms with Crippen molar-refractivity contribution in [3.05, 3.63) is 11.6 Å². The van der Waals surface area contributed by atoms with Crippen molar-refractivity contribution in [3.63, 3.8) is 0 Å². The minimum absolute atomic E-state index is 0.189. The third-order valence-electron chi connectivity index (χ3n) is 13.6. The predicted octanol–water partition coefficient (Wildman–Crippen LogP) is 6.92. The van der Waals surface area contributed by atoms with Crippen molar-refractivity contribution in [3.8, 4) is 0 Å². The second-order valence-corrected chi connectivity index (χ2v) is 15.9. The van der Waals surface area contributed by atoms with Gasteiger partial charge in [-0.15, -0.1) is 0 Å². The van der Waals surface area contributed by atoms with Gasteiger partial charge in [-0.3, -0.25) is 0 Å². The highest BCUT2D eigenvalue weighted by Crippen LogP contribution is 2.67. The monoisotopic (exact) mass is 574 g/mol. The number of allylic oxidation sites excluding steroid dienone is 1. The third-order valence-corrected chi connectivity index (χ3v) is 13.6. The smallest absolute Gasteiger partial charge is 0.109 e. The van der Waals surface area contributed by atoms with E-state index in [-0.39, 0.29) is 18.8 Å². The van der Waals surface area contributed by atoms with E-state index in [0.717, 1.165) is 54.3 Å². The van der Waals surface area contributed by atoms with E-state index >= 15 is 0 Å². The molecule has 3 N–H and O–H groups in total. The van der Waals surface area contributed by atoms with Gasteiger partial charge in [0.15, 0.2) is 0 Å². The fraction of sp³-hybridized carbons (Fsp3) is 0.944. The maximum absolute atomic E-state index is 10.2. The van der Waals surface area contributed by atoms with Crippen LogP contribution in [0.1, 0.15) is 119 Å². The van der Waals surface area contributed by atoms with Gasteiger partial charge in [0, 0.05) is 6.42 Å². The van der Waals surface area contributed by atoms with E-state index in [0.29, 0.717) is 23.9 Å². The Balaban J connectivity index is 1.19. The normalized spacial score (nSPS) is 45.9. The number of hydrogen-bond acceptors (Lipinski definition) is 5. The largest absolute Gasteiger partial charge is 0.394 e. The second kappa shape index (κ2) is 12.9. The highest BCUT2D eigenvalue weighted by Gasteiger charge is 2.59. The van der Waals surface area contributed by atoms with Crippen LogP contribution < -0.4 is 0 Å². The molecule has 4 aliphatic carbocycles. The maximum Gasteiger partial charge on any atom is 0.109 e. The molecule has 1 saturated heterocycles. The first-order chi connectivity index (χ1) is 19.5. The molecule has 3 saturated carbocycles. The zero-order chi connectivity index (χ0) is 29.5. The van der Waals surface area contributed by atoms with Crippen LogP contribution in [0.25, 0.3) is 0 Å². The van der Waals surface area contributed by atoms with Crippen LogP contribution in [0.15, 0.2) is 11.6 Å². The molecule has 0 aromatic heterocycles. The molecule has 0 spiro atoms. The van der Waals surface area contributed by atoms with Gasteiger partial charge in [-0.25, -0.2) is 0 Å². The molecule has 5 aliphatic rings. The molecule has 5 nitrogen and oxygen atoms in total. The lowest BCUT2D eigenvalue weighted by Gasteiger charge is -2.58. The van der Waals surface area contributed by atoms with Crippen molar-refractivity contribution in [1.29, 1.82) is 0 Å². The molecule has 41 heavy (non-hydrogen) atoms. The van der Waals surface area contributed by atoms with Gasteiger partial charge in [0.05, 0.1) is 31.5 Å². The van der Waals surface area contributed by atoms with E-state index in [1.165, 1.54) is 57.8 Å². The summed E-state index contributed by atoms with van der Waals surface area (Å²) < 4.78 is 12.2. The maximum atomic E-state index is 10.2. The molecule has 13 atom stereocenters. The Kier molecular flexibility index (Phi) is 10.0. The molecule has 4 fully saturated rings. The van der Waals surface area contributed by atoms with Gasteiger partial charge in [-0.2, -0.15) is 0 Å². The van der Waals surface area contributed by atoms with Crippen LogP contribution in [0.3, 0.4) is 0 Å². The summed E-state index contributed by atoms with van der Waals surface area (Å²) in [5, 5.41) is 29.7. The summed E-state index contributed by atoms with van der Waals surface area (Å²) in [6, 6.07) is 0. The fourth-order valence-electron chi connectivity index (χ4n) is 11.0. The summed E-state index contributed by atoms with van der Waals surface area (Å²) in [6.07, 6.45) is 14.6. The van der Waals surface area contributed by atoms with Crippen molar-refractivity contribution in [2.45, 2.75) is 149 Å². The number of hydrogen-bond donors (Lipinski definition) is 3. The summed E-state index contributed by atoms with van der Waals surface area (Å²) in [7, 11) is 0. The number of fused-ring (bicyclic) bond motifs is 5. The zero-order valence-electron chi connectivity index (χ0n) is 27.1. The first-order valence-corrected chi connectivity index (χ1v) is 17.4. The van der Waals surface area contributed by atoms with E-state index in [9.17, 15) is 15.3 Å². The Bertz CT molecular complexity index is 902. The molecule has 0 radical (unpaired) electrons.